The van der Waals surface area contributed by atoms with Gasteiger partial charge in [0.05, 0.1) is 17.9 Å². The minimum absolute atomic E-state index is 0.230. The Labute approximate surface area is 335 Å². The number of fused-ring (bicyclic) bond motifs is 1. The minimum atomic E-state index is -1.18. The zero-order valence-corrected chi connectivity index (χ0v) is 32.7. The molecular weight excluding hydrogens is 742 g/mol. The number of amides is 2. The third-order valence-electron chi connectivity index (χ3n) is 11.2. The van der Waals surface area contributed by atoms with E-state index in [0.717, 1.165) is 63.5 Å². The van der Waals surface area contributed by atoms with Crippen molar-refractivity contribution in [1.29, 1.82) is 0 Å². The highest BCUT2D eigenvalue weighted by atomic mass is 19.1. The fourth-order valence-corrected chi connectivity index (χ4v) is 8.08. The van der Waals surface area contributed by atoms with E-state index in [0.29, 0.717) is 52.3 Å². The summed E-state index contributed by atoms with van der Waals surface area (Å²) >= 11 is 0. The minimum Gasteiger partial charge on any atom is -0.384 e. The molecule has 0 aliphatic carbocycles. The zero-order chi connectivity index (χ0) is 40.6. The van der Waals surface area contributed by atoms with E-state index in [2.05, 4.69) is 59.3 Å². The number of anilines is 5. The van der Waals surface area contributed by atoms with Gasteiger partial charge in [0.15, 0.2) is 11.5 Å². The van der Waals surface area contributed by atoms with E-state index in [9.17, 15) is 19.5 Å². The summed E-state index contributed by atoms with van der Waals surface area (Å²) in [4.78, 5) is 57.8. The molecule has 0 saturated carbocycles. The molecule has 1 unspecified atom stereocenters. The van der Waals surface area contributed by atoms with Gasteiger partial charge in [0, 0.05) is 75.0 Å². The first-order valence-corrected chi connectivity index (χ1v) is 19.8. The number of rotatable bonds is 11. The summed E-state index contributed by atoms with van der Waals surface area (Å²) in [5, 5.41) is 19.6. The second-order valence-corrected chi connectivity index (χ2v) is 15.6. The molecule has 3 saturated heterocycles. The molecule has 58 heavy (non-hydrogen) atoms. The molecule has 3 fully saturated rings. The van der Waals surface area contributed by atoms with Gasteiger partial charge in [0.2, 0.25) is 17.8 Å². The van der Waals surface area contributed by atoms with Crippen LogP contribution in [0.4, 0.5) is 33.1 Å². The second-order valence-electron chi connectivity index (χ2n) is 15.6. The maximum atomic E-state index is 15.3. The predicted molar refractivity (Wildman–Crippen MR) is 221 cm³/mol. The average molecular weight is 790 g/mol. The van der Waals surface area contributed by atoms with Gasteiger partial charge in [-0.1, -0.05) is 12.1 Å². The molecule has 3 aliphatic rings. The first-order valence-electron chi connectivity index (χ1n) is 19.8. The number of aliphatic hydroxyl groups is 1. The lowest BCUT2D eigenvalue weighted by molar-refractivity contribution is -0.133. The third-order valence-corrected chi connectivity index (χ3v) is 11.2. The van der Waals surface area contributed by atoms with Gasteiger partial charge >= 0.3 is 0 Å². The maximum Gasteiger partial charge on any atom is 0.278 e. The van der Waals surface area contributed by atoms with Crippen LogP contribution < -0.4 is 31.3 Å². The van der Waals surface area contributed by atoms with Crippen molar-refractivity contribution in [2.75, 3.05) is 59.7 Å². The van der Waals surface area contributed by atoms with E-state index in [4.69, 9.17) is 4.98 Å². The van der Waals surface area contributed by atoms with Crippen molar-refractivity contribution in [3.05, 3.63) is 101 Å². The topological polar surface area (TPSA) is 166 Å². The number of piperazine rings is 1. The van der Waals surface area contributed by atoms with Gasteiger partial charge in [-0.15, -0.1) is 6.58 Å². The van der Waals surface area contributed by atoms with Crippen LogP contribution in [0.25, 0.3) is 16.9 Å². The lowest BCUT2D eigenvalue weighted by Gasteiger charge is -2.44. The first kappa shape index (κ1) is 38.7. The Morgan fingerprint density at radius 3 is 2.36 bits per heavy atom. The van der Waals surface area contributed by atoms with Gasteiger partial charge in [-0.2, -0.15) is 4.98 Å². The Morgan fingerprint density at radius 1 is 0.931 bits per heavy atom. The van der Waals surface area contributed by atoms with Crippen LogP contribution in [0.15, 0.2) is 84.3 Å². The number of nitrogens with zero attached hydrogens (tertiary/aromatic N) is 8. The highest BCUT2D eigenvalue weighted by Gasteiger charge is 2.30. The number of halogens is 1. The summed E-state index contributed by atoms with van der Waals surface area (Å²) in [6, 6.07) is 18.3. The number of nitrogens with one attached hydrogen (secondary N) is 3. The Hall–Kier alpha value is -6.13. The van der Waals surface area contributed by atoms with Crippen LogP contribution in [0.3, 0.4) is 0 Å². The normalized spacial score (nSPS) is 18.4. The number of hydrogen-bond acceptors (Lipinski definition) is 12. The molecule has 8 rings (SSSR count). The van der Waals surface area contributed by atoms with Gasteiger partial charge in [-0.25, -0.2) is 23.7 Å². The summed E-state index contributed by atoms with van der Waals surface area (Å²) in [5.41, 5.74) is 2.40. The number of imide groups is 1. The molecule has 0 radical (unpaired) electrons. The zero-order valence-electron chi connectivity index (χ0n) is 32.7. The van der Waals surface area contributed by atoms with Gasteiger partial charge in [0.25, 0.3) is 5.56 Å². The van der Waals surface area contributed by atoms with Gasteiger partial charge in [-0.05, 0) is 87.7 Å². The van der Waals surface area contributed by atoms with Crippen LogP contribution in [0.2, 0.25) is 0 Å². The Kier molecular flexibility index (Phi) is 10.7. The molecule has 5 aromatic rings. The van der Waals surface area contributed by atoms with Crippen LogP contribution in [0.5, 0.6) is 0 Å². The molecule has 2 aromatic carbocycles. The van der Waals surface area contributed by atoms with Crippen molar-refractivity contribution >= 4 is 51.5 Å². The molecule has 6 heterocycles. The monoisotopic (exact) mass is 789 g/mol. The highest BCUT2D eigenvalue weighted by Crippen LogP contribution is 2.30. The summed E-state index contributed by atoms with van der Waals surface area (Å²) in [6.45, 7) is 12.6. The lowest BCUT2D eigenvalue weighted by atomic mass is 10.0. The smallest absolute Gasteiger partial charge is 0.278 e. The van der Waals surface area contributed by atoms with Crippen LogP contribution >= 0.6 is 0 Å². The summed E-state index contributed by atoms with van der Waals surface area (Å²) < 4.78 is 18.4. The molecule has 0 spiro atoms. The molecule has 0 bridgehead atoms. The Morgan fingerprint density at radius 2 is 1.67 bits per heavy atom. The molecule has 3 aromatic heterocycles. The van der Waals surface area contributed by atoms with Crippen molar-refractivity contribution in [3.63, 3.8) is 0 Å². The van der Waals surface area contributed by atoms with Crippen molar-refractivity contribution in [3.8, 4) is 5.82 Å². The largest absolute Gasteiger partial charge is 0.384 e. The van der Waals surface area contributed by atoms with Gasteiger partial charge in [-0.3, -0.25) is 24.6 Å². The Bertz CT molecular complexity index is 2390. The fraction of sp³-hybridized carbons (Fsp3) is 0.381. The SMILES string of the molecule is C=CCn1c(=O)c2cnc(Nc3ccc(N4CCN(C5CCN(c6ccc(NC7CCC(=O)NC7=O)cc6F)CC5)CC4)cc3)nc2n1-c1cccc(C(C)(C)O)n1. The van der Waals surface area contributed by atoms with E-state index < -0.39 is 11.6 Å². The molecule has 4 N–H and O–H groups in total. The molecule has 3 aliphatic heterocycles. The fourth-order valence-electron chi connectivity index (χ4n) is 8.08. The average Bonchev–Trinajstić information content (AvgIpc) is 3.49. The van der Waals surface area contributed by atoms with E-state index in [1.54, 1.807) is 54.9 Å². The molecule has 16 heteroatoms. The quantitative estimate of drug-likeness (QED) is 0.111. The maximum absolute atomic E-state index is 15.3. The van der Waals surface area contributed by atoms with Gasteiger partial charge < -0.3 is 25.5 Å². The number of aromatic nitrogens is 5. The van der Waals surface area contributed by atoms with E-state index in [1.807, 2.05) is 12.1 Å². The van der Waals surface area contributed by atoms with E-state index in [-0.39, 0.29) is 36.2 Å². The number of allylic oxidation sites excluding steroid dienone is 1. The number of carbonyl (C=O) groups is 2. The van der Waals surface area contributed by atoms with E-state index in [1.165, 1.54) is 16.9 Å². The van der Waals surface area contributed by atoms with Crippen LogP contribution in [-0.4, -0.2) is 97.5 Å². The molecule has 1 atom stereocenters. The Balaban J connectivity index is 0.862. The van der Waals surface area contributed by atoms with Crippen molar-refractivity contribution in [1.82, 2.24) is 34.5 Å². The van der Waals surface area contributed by atoms with Crippen LogP contribution in [0, 0.1) is 5.82 Å². The van der Waals surface area contributed by atoms with Crippen LogP contribution in [0.1, 0.15) is 45.2 Å². The summed E-state index contributed by atoms with van der Waals surface area (Å²) in [5.74, 6) is -0.227. The van der Waals surface area contributed by atoms with Gasteiger partial charge in [0.1, 0.15) is 22.8 Å². The van der Waals surface area contributed by atoms with E-state index >= 15 is 4.39 Å². The summed E-state index contributed by atoms with van der Waals surface area (Å²) in [6.07, 6.45) is 5.69. The van der Waals surface area contributed by atoms with Crippen LogP contribution in [-0.2, 0) is 21.7 Å². The molecule has 302 valence electrons. The number of piperidine rings is 2. The number of carbonyl (C=O) groups excluding carboxylic acids is 2. The lowest BCUT2D eigenvalue weighted by Crippen LogP contribution is -2.53. The number of pyridine rings is 1. The summed E-state index contributed by atoms with van der Waals surface area (Å²) in [7, 11) is 0. The first-order chi connectivity index (χ1) is 27.9. The standard InChI is InChI=1S/C42H48FN11O4/c1-4-18-53-40(57)31-26-44-41(49-38(31)54(53)36-7-5-6-35(47-36)42(2,3)58)46-27-8-11-29(12-9-27)50-21-23-51(24-22-50)30-16-19-52(20-17-30)34-14-10-28(25-32(34)43)45-33-13-15-37(55)48-39(33)56/h4-12,14,25-26,30,33,45,58H,1,13,15-24H2,2-3H3,(H,44,46,49)(H,48,55,56). The molecular formula is C42H48FN11O4. The highest BCUT2D eigenvalue weighted by molar-refractivity contribution is 6.01. The third kappa shape index (κ3) is 8.02. The van der Waals surface area contributed by atoms with Crippen molar-refractivity contribution in [2.24, 2.45) is 0 Å². The number of hydrogen-bond donors (Lipinski definition) is 4. The second kappa shape index (κ2) is 16.0. The predicted octanol–water partition coefficient (Wildman–Crippen LogP) is 4.28. The number of benzene rings is 2. The van der Waals surface area contributed by atoms with Crippen molar-refractivity contribution < 1.29 is 19.1 Å². The van der Waals surface area contributed by atoms with Crippen molar-refractivity contribution in [2.45, 2.75) is 63.8 Å². The molecule has 15 nitrogen and oxygen atoms in total. The molecule has 2 amide bonds.